The summed E-state index contributed by atoms with van der Waals surface area (Å²) in [6.07, 6.45) is 4.53. The first kappa shape index (κ1) is 28.3. The Hall–Kier alpha value is -3.83. The lowest BCUT2D eigenvalue weighted by atomic mass is 9.84. The quantitative estimate of drug-likeness (QED) is 0.332. The number of nitrogens with zero attached hydrogens (tertiary/aromatic N) is 6. The van der Waals surface area contributed by atoms with Crippen LogP contribution in [0.3, 0.4) is 0 Å². The first-order chi connectivity index (χ1) is 20.2. The Morgan fingerprint density at radius 3 is 2.76 bits per heavy atom. The predicted octanol–water partition coefficient (Wildman–Crippen LogP) is 4.63. The smallest absolute Gasteiger partial charge is 0.304 e. The van der Waals surface area contributed by atoms with E-state index in [4.69, 9.17) is 0 Å². The van der Waals surface area contributed by atoms with Crippen molar-refractivity contribution in [3.8, 4) is 0 Å². The van der Waals surface area contributed by atoms with E-state index in [9.17, 15) is 18.3 Å². The molecule has 2 aliphatic rings. The summed E-state index contributed by atoms with van der Waals surface area (Å²) in [6.45, 7) is 7.99. The van der Waals surface area contributed by atoms with Crippen molar-refractivity contribution in [1.82, 2.24) is 24.3 Å². The minimum Gasteiger partial charge on any atom is -0.481 e. The molecule has 1 N–H and O–H groups in total. The van der Waals surface area contributed by atoms with Crippen molar-refractivity contribution in [1.29, 1.82) is 0 Å². The van der Waals surface area contributed by atoms with Crippen molar-refractivity contribution in [2.45, 2.75) is 76.4 Å². The van der Waals surface area contributed by atoms with Crippen LogP contribution in [0.4, 0.5) is 5.82 Å². The second-order valence-electron chi connectivity index (χ2n) is 11.4. The number of rotatable bonds is 7. The van der Waals surface area contributed by atoms with Gasteiger partial charge in [0, 0.05) is 44.3 Å². The van der Waals surface area contributed by atoms with Crippen LogP contribution < -0.4 is 4.90 Å². The number of aryl methyl sites for hydroxylation is 3. The van der Waals surface area contributed by atoms with Gasteiger partial charge in [0.15, 0.2) is 0 Å². The van der Waals surface area contributed by atoms with Crippen LogP contribution in [-0.2, 0) is 27.9 Å². The largest absolute Gasteiger partial charge is 0.481 e. The number of fused-ring (bicyclic) bond motifs is 4. The summed E-state index contributed by atoms with van der Waals surface area (Å²) in [7, 11) is -3.81. The third-order valence-electron chi connectivity index (χ3n) is 8.84. The summed E-state index contributed by atoms with van der Waals surface area (Å²) in [6, 6.07) is 13.2. The molecule has 0 saturated carbocycles. The van der Waals surface area contributed by atoms with Gasteiger partial charge in [-0.15, -0.1) is 5.10 Å². The molecule has 0 aliphatic carbocycles. The molecule has 0 spiro atoms. The summed E-state index contributed by atoms with van der Waals surface area (Å²) in [5, 5.41) is 18.5. The van der Waals surface area contributed by atoms with E-state index >= 15 is 0 Å². The van der Waals surface area contributed by atoms with Crippen molar-refractivity contribution in [3.63, 3.8) is 0 Å². The van der Waals surface area contributed by atoms with Gasteiger partial charge >= 0.3 is 5.97 Å². The highest BCUT2D eigenvalue weighted by Crippen LogP contribution is 2.37. The first-order valence-electron chi connectivity index (χ1n) is 14.5. The van der Waals surface area contributed by atoms with Crippen LogP contribution in [0, 0.1) is 13.8 Å². The number of hydrogen-bond acceptors (Lipinski definition) is 7. The SMILES string of the molecule is CCn1nnc2c(C)c([C@@H](CC(=O)O)c3ccc(C)c(CN4C[C@@H]5CCCCN5c5ncccc5S4(=O)=O)c3)ccc21. The van der Waals surface area contributed by atoms with Crippen molar-refractivity contribution < 1.29 is 18.3 Å². The first-order valence-corrected chi connectivity index (χ1v) is 16.0. The van der Waals surface area contributed by atoms with Crippen LogP contribution in [0.1, 0.15) is 66.3 Å². The average molecular weight is 589 g/mol. The number of hydrogen-bond donors (Lipinski definition) is 1. The summed E-state index contributed by atoms with van der Waals surface area (Å²) in [5.41, 5.74) is 6.10. The Balaban J connectivity index is 1.40. The summed E-state index contributed by atoms with van der Waals surface area (Å²) in [4.78, 5) is 19.0. The molecule has 11 heteroatoms. The molecule has 6 rings (SSSR count). The number of benzene rings is 2. The Morgan fingerprint density at radius 2 is 1.98 bits per heavy atom. The standard InChI is InChI=1S/C31H36N6O4S/c1-4-37-27-13-12-25(21(3)30(27)33-34-37)26(17-29(38)39)22-11-10-20(2)23(16-22)18-35-19-24-8-5-6-15-36(24)31-28(42(35,40)41)9-7-14-32-31/h7,9-14,16,24,26H,4-6,8,15,17-19H2,1-3H3,(H,38,39)/t24-,26-/m0/s1. The molecule has 2 aromatic heterocycles. The van der Waals surface area contributed by atoms with Crippen molar-refractivity contribution in [2.24, 2.45) is 0 Å². The zero-order valence-corrected chi connectivity index (χ0v) is 25.0. The number of aromatic nitrogens is 4. The average Bonchev–Trinajstić information content (AvgIpc) is 3.38. The Labute approximate surface area is 246 Å². The lowest BCUT2D eigenvalue weighted by Crippen LogP contribution is -2.45. The fourth-order valence-electron chi connectivity index (χ4n) is 6.53. The Kier molecular flexibility index (Phi) is 7.48. The Morgan fingerprint density at radius 1 is 1.14 bits per heavy atom. The minimum atomic E-state index is -3.81. The molecule has 10 nitrogen and oxygen atoms in total. The summed E-state index contributed by atoms with van der Waals surface area (Å²) >= 11 is 0. The summed E-state index contributed by atoms with van der Waals surface area (Å²) in [5.74, 6) is -0.796. The van der Waals surface area contributed by atoms with Gasteiger partial charge in [0.1, 0.15) is 16.2 Å². The van der Waals surface area contributed by atoms with E-state index in [2.05, 4.69) is 20.2 Å². The third-order valence-corrected chi connectivity index (χ3v) is 10.7. The highest BCUT2D eigenvalue weighted by molar-refractivity contribution is 7.89. The van der Waals surface area contributed by atoms with Crippen LogP contribution in [0.15, 0.2) is 53.6 Å². The molecule has 2 aromatic carbocycles. The number of carboxylic acids is 1. The minimum absolute atomic E-state index is 0.0545. The van der Waals surface area contributed by atoms with Gasteiger partial charge in [0.2, 0.25) is 10.0 Å². The summed E-state index contributed by atoms with van der Waals surface area (Å²) < 4.78 is 31.5. The number of anilines is 1. The van der Waals surface area contributed by atoms with Gasteiger partial charge in [-0.2, -0.15) is 4.31 Å². The highest BCUT2D eigenvalue weighted by Gasteiger charge is 2.39. The molecule has 0 bridgehead atoms. The molecular weight excluding hydrogens is 552 g/mol. The maximum absolute atomic E-state index is 14.0. The van der Waals surface area contributed by atoms with Crippen LogP contribution in [0.25, 0.3) is 11.0 Å². The normalized spacial score (nSPS) is 19.2. The maximum atomic E-state index is 14.0. The van der Waals surface area contributed by atoms with Gasteiger partial charge in [0.25, 0.3) is 0 Å². The molecule has 0 unspecified atom stereocenters. The van der Waals surface area contributed by atoms with Crippen LogP contribution >= 0.6 is 0 Å². The van der Waals surface area contributed by atoms with E-state index in [0.717, 1.165) is 64.7 Å². The van der Waals surface area contributed by atoms with Gasteiger partial charge < -0.3 is 10.0 Å². The molecule has 2 atom stereocenters. The van der Waals surface area contributed by atoms with Crippen LogP contribution in [0.5, 0.6) is 0 Å². The van der Waals surface area contributed by atoms with E-state index in [1.807, 2.05) is 55.8 Å². The number of carbonyl (C=O) groups is 1. The van der Waals surface area contributed by atoms with Crippen molar-refractivity contribution in [2.75, 3.05) is 18.0 Å². The van der Waals surface area contributed by atoms with Gasteiger partial charge in [-0.05, 0) is 86.1 Å². The van der Waals surface area contributed by atoms with Gasteiger partial charge in [0.05, 0.1) is 11.9 Å². The monoisotopic (exact) mass is 588 g/mol. The molecule has 1 fully saturated rings. The van der Waals surface area contributed by atoms with Crippen LogP contribution in [0.2, 0.25) is 0 Å². The number of piperidine rings is 1. The molecule has 0 radical (unpaired) electrons. The van der Waals surface area contributed by atoms with Crippen molar-refractivity contribution in [3.05, 3.63) is 76.5 Å². The molecule has 4 aromatic rings. The zero-order valence-electron chi connectivity index (χ0n) is 24.2. The van der Waals surface area contributed by atoms with Crippen molar-refractivity contribution >= 4 is 32.8 Å². The lowest BCUT2D eigenvalue weighted by molar-refractivity contribution is -0.137. The zero-order chi connectivity index (χ0) is 29.6. The molecule has 42 heavy (non-hydrogen) atoms. The van der Waals surface area contributed by atoms with Crippen LogP contribution in [-0.4, -0.2) is 62.9 Å². The van der Waals surface area contributed by atoms with Gasteiger partial charge in [-0.25, -0.2) is 18.1 Å². The predicted molar refractivity (Wildman–Crippen MR) is 160 cm³/mol. The molecule has 4 heterocycles. The molecule has 2 aliphatic heterocycles. The fourth-order valence-corrected chi connectivity index (χ4v) is 8.14. The Bertz CT molecular complexity index is 1770. The molecule has 1 saturated heterocycles. The molecule has 220 valence electrons. The fraction of sp³-hybridized carbons (Fsp3) is 0.419. The van der Waals surface area contributed by atoms with E-state index in [0.29, 0.717) is 18.9 Å². The van der Waals surface area contributed by atoms with E-state index in [1.54, 1.807) is 22.6 Å². The molecular formula is C31H36N6O4S. The maximum Gasteiger partial charge on any atom is 0.304 e. The number of aliphatic carboxylic acids is 1. The highest BCUT2D eigenvalue weighted by atomic mass is 32.2. The van der Waals surface area contributed by atoms with E-state index < -0.39 is 21.9 Å². The second kappa shape index (κ2) is 11.1. The molecule has 0 amide bonds. The van der Waals surface area contributed by atoms with E-state index in [-0.39, 0.29) is 23.9 Å². The van der Waals surface area contributed by atoms with Gasteiger partial charge in [-0.3, -0.25) is 4.79 Å². The topological polar surface area (TPSA) is 122 Å². The second-order valence-corrected chi connectivity index (χ2v) is 13.3. The number of pyridine rings is 1. The number of carboxylic acid groups (broad SMARTS) is 1. The van der Waals surface area contributed by atoms with Gasteiger partial charge in [-0.1, -0.05) is 29.5 Å². The van der Waals surface area contributed by atoms with E-state index in [1.165, 1.54) is 0 Å². The lowest BCUT2D eigenvalue weighted by Gasteiger charge is -2.36. The number of sulfonamides is 1. The third kappa shape index (κ3) is 4.94.